The molecular weight excluding hydrogens is 346 g/mol. The molecule has 140 valence electrons. The molecule has 1 saturated heterocycles. The predicted octanol–water partition coefficient (Wildman–Crippen LogP) is 2.95. The highest BCUT2D eigenvalue weighted by Gasteiger charge is 2.34. The SMILES string of the molecule is CO[C@@H](C1CCCN1)[C@@H](C)C(=O)N[C@@H](Cc1ccccc1)c1nccs1. The van der Waals surface area contributed by atoms with Crippen LogP contribution in [0.25, 0.3) is 0 Å². The van der Waals surface area contributed by atoms with E-state index in [1.165, 1.54) is 5.56 Å². The van der Waals surface area contributed by atoms with Crippen LogP contribution in [0.3, 0.4) is 0 Å². The third kappa shape index (κ3) is 4.69. The van der Waals surface area contributed by atoms with Crippen molar-refractivity contribution >= 4 is 17.2 Å². The number of ether oxygens (including phenoxy) is 1. The van der Waals surface area contributed by atoms with Gasteiger partial charge in [0.1, 0.15) is 5.01 Å². The highest BCUT2D eigenvalue weighted by Crippen LogP contribution is 2.23. The fourth-order valence-electron chi connectivity index (χ4n) is 3.62. The molecule has 1 amide bonds. The van der Waals surface area contributed by atoms with Gasteiger partial charge in [0, 0.05) is 24.7 Å². The molecular formula is C20H27N3O2S. The van der Waals surface area contributed by atoms with E-state index >= 15 is 0 Å². The molecule has 6 heteroatoms. The zero-order valence-electron chi connectivity index (χ0n) is 15.4. The van der Waals surface area contributed by atoms with Crippen LogP contribution in [0, 0.1) is 5.92 Å². The molecule has 0 aliphatic carbocycles. The summed E-state index contributed by atoms with van der Waals surface area (Å²) in [4.78, 5) is 17.4. The minimum absolute atomic E-state index is 0.0154. The number of benzene rings is 1. The summed E-state index contributed by atoms with van der Waals surface area (Å²) < 4.78 is 5.67. The predicted molar refractivity (Wildman–Crippen MR) is 104 cm³/mol. The number of rotatable bonds is 8. The summed E-state index contributed by atoms with van der Waals surface area (Å²) in [5.41, 5.74) is 1.18. The number of nitrogens with zero attached hydrogens (tertiary/aromatic N) is 1. The standard InChI is InChI=1S/C20H27N3O2S/c1-14(18(25-2)16-9-6-10-21-16)19(24)23-17(20-22-11-12-26-20)13-15-7-4-3-5-8-15/h3-5,7-8,11-12,14,16-18,21H,6,9-10,13H2,1-2H3,(H,23,24)/t14-,16?,17+,18-/m1/s1. The highest BCUT2D eigenvalue weighted by atomic mass is 32.1. The van der Waals surface area contributed by atoms with E-state index in [-0.39, 0.29) is 30.0 Å². The van der Waals surface area contributed by atoms with Gasteiger partial charge >= 0.3 is 0 Å². The number of carbonyl (C=O) groups excluding carboxylic acids is 1. The topological polar surface area (TPSA) is 63.2 Å². The second-order valence-corrected chi connectivity index (χ2v) is 7.74. The van der Waals surface area contributed by atoms with Crippen molar-refractivity contribution in [1.82, 2.24) is 15.6 Å². The number of amides is 1. The first-order valence-corrected chi connectivity index (χ1v) is 10.1. The summed E-state index contributed by atoms with van der Waals surface area (Å²) >= 11 is 1.57. The van der Waals surface area contributed by atoms with Crippen molar-refractivity contribution in [2.75, 3.05) is 13.7 Å². The molecule has 1 unspecified atom stereocenters. The largest absolute Gasteiger partial charge is 0.379 e. The second-order valence-electron chi connectivity index (χ2n) is 6.81. The van der Waals surface area contributed by atoms with Crippen LogP contribution in [0.5, 0.6) is 0 Å². The molecule has 1 aliphatic heterocycles. The summed E-state index contributed by atoms with van der Waals surface area (Å²) in [6.45, 7) is 2.94. The molecule has 4 atom stereocenters. The van der Waals surface area contributed by atoms with Gasteiger partial charge in [0.25, 0.3) is 0 Å². The molecule has 0 bridgehead atoms. The van der Waals surface area contributed by atoms with Gasteiger partial charge in [0.2, 0.25) is 5.91 Å². The van der Waals surface area contributed by atoms with E-state index in [0.717, 1.165) is 30.8 Å². The van der Waals surface area contributed by atoms with Crippen molar-refractivity contribution in [2.45, 2.75) is 44.4 Å². The molecule has 0 radical (unpaired) electrons. The average molecular weight is 374 g/mol. The van der Waals surface area contributed by atoms with E-state index in [4.69, 9.17) is 4.74 Å². The zero-order valence-corrected chi connectivity index (χ0v) is 16.2. The Labute approximate surface area is 159 Å². The van der Waals surface area contributed by atoms with Crippen LogP contribution >= 0.6 is 11.3 Å². The number of thiazole rings is 1. The van der Waals surface area contributed by atoms with Crippen LogP contribution in [0.15, 0.2) is 41.9 Å². The Balaban J connectivity index is 1.70. The number of carbonyl (C=O) groups is 1. The van der Waals surface area contributed by atoms with Crippen LogP contribution in [-0.4, -0.2) is 36.7 Å². The maximum atomic E-state index is 13.0. The molecule has 0 spiro atoms. The number of aromatic nitrogens is 1. The number of hydrogen-bond acceptors (Lipinski definition) is 5. The van der Waals surface area contributed by atoms with Crippen molar-refractivity contribution in [1.29, 1.82) is 0 Å². The minimum Gasteiger partial charge on any atom is -0.379 e. The fraction of sp³-hybridized carbons (Fsp3) is 0.500. The Morgan fingerprint density at radius 2 is 2.23 bits per heavy atom. The van der Waals surface area contributed by atoms with E-state index in [2.05, 4.69) is 27.8 Å². The summed E-state index contributed by atoms with van der Waals surface area (Å²) in [6.07, 6.45) is 4.58. The molecule has 2 N–H and O–H groups in total. The summed E-state index contributed by atoms with van der Waals surface area (Å²) in [5, 5.41) is 9.54. The molecule has 2 heterocycles. The van der Waals surface area contributed by atoms with Gasteiger partial charge in [0.15, 0.2) is 0 Å². The van der Waals surface area contributed by atoms with Gasteiger partial charge in [-0.25, -0.2) is 4.98 Å². The Morgan fingerprint density at radius 3 is 2.85 bits per heavy atom. The zero-order chi connectivity index (χ0) is 18.4. The molecule has 1 aromatic carbocycles. The Bertz CT molecular complexity index is 672. The lowest BCUT2D eigenvalue weighted by molar-refractivity contribution is -0.130. The quantitative estimate of drug-likeness (QED) is 0.747. The Hall–Kier alpha value is -1.76. The molecule has 5 nitrogen and oxygen atoms in total. The summed E-state index contributed by atoms with van der Waals surface area (Å²) in [7, 11) is 1.69. The third-order valence-corrected chi connectivity index (χ3v) is 5.91. The Morgan fingerprint density at radius 1 is 1.42 bits per heavy atom. The normalized spacial score (nSPS) is 20.5. The molecule has 0 saturated carbocycles. The summed E-state index contributed by atoms with van der Waals surface area (Å²) in [6, 6.07) is 10.3. The van der Waals surface area contributed by atoms with E-state index in [0.29, 0.717) is 0 Å². The molecule has 1 aliphatic rings. The van der Waals surface area contributed by atoms with Crippen LogP contribution in [0.4, 0.5) is 0 Å². The third-order valence-electron chi connectivity index (χ3n) is 5.02. The molecule has 26 heavy (non-hydrogen) atoms. The first-order valence-electron chi connectivity index (χ1n) is 9.19. The van der Waals surface area contributed by atoms with Crippen molar-refractivity contribution < 1.29 is 9.53 Å². The first-order chi connectivity index (χ1) is 12.7. The minimum atomic E-state index is -0.228. The van der Waals surface area contributed by atoms with Gasteiger partial charge in [-0.3, -0.25) is 4.79 Å². The van der Waals surface area contributed by atoms with E-state index in [9.17, 15) is 4.79 Å². The Kier molecular flexibility index (Phi) is 6.77. The fourth-order valence-corrected chi connectivity index (χ4v) is 4.31. The molecule has 1 aromatic heterocycles. The lowest BCUT2D eigenvalue weighted by Crippen LogP contribution is -2.47. The second kappa shape index (κ2) is 9.26. The molecule has 2 aromatic rings. The lowest BCUT2D eigenvalue weighted by atomic mass is 9.95. The van der Waals surface area contributed by atoms with Gasteiger partial charge < -0.3 is 15.4 Å². The number of methoxy groups -OCH3 is 1. The van der Waals surface area contributed by atoms with Crippen molar-refractivity contribution in [3.05, 3.63) is 52.5 Å². The maximum absolute atomic E-state index is 13.0. The van der Waals surface area contributed by atoms with E-state index in [1.54, 1.807) is 24.6 Å². The number of nitrogens with one attached hydrogen (secondary N) is 2. The van der Waals surface area contributed by atoms with Gasteiger partial charge in [-0.2, -0.15) is 0 Å². The van der Waals surface area contributed by atoms with Gasteiger partial charge in [-0.15, -0.1) is 11.3 Å². The van der Waals surface area contributed by atoms with E-state index < -0.39 is 0 Å². The number of hydrogen-bond donors (Lipinski definition) is 2. The average Bonchev–Trinajstić information content (AvgIpc) is 3.37. The smallest absolute Gasteiger partial charge is 0.226 e. The van der Waals surface area contributed by atoms with Crippen LogP contribution in [0.2, 0.25) is 0 Å². The van der Waals surface area contributed by atoms with Crippen molar-refractivity contribution in [3.63, 3.8) is 0 Å². The lowest BCUT2D eigenvalue weighted by Gasteiger charge is -2.29. The van der Waals surface area contributed by atoms with Crippen molar-refractivity contribution in [2.24, 2.45) is 5.92 Å². The monoisotopic (exact) mass is 373 g/mol. The van der Waals surface area contributed by atoms with Crippen LogP contribution < -0.4 is 10.6 Å². The summed E-state index contributed by atoms with van der Waals surface area (Å²) in [5.74, 6) is -0.212. The van der Waals surface area contributed by atoms with Gasteiger partial charge in [-0.1, -0.05) is 37.3 Å². The highest BCUT2D eigenvalue weighted by molar-refractivity contribution is 7.09. The van der Waals surface area contributed by atoms with Gasteiger partial charge in [-0.05, 0) is 31.4 Å². The molecule has 3 rings (SSSR count). The van der Waals surface area contributed by atoms with Gasteiger partial charge in [0.05, 0.1) is 18.1 Å². The van der Waals surface area contributed by atoms with Crippen LogP contribution in [-0.2, 0) is 16.0 Å². The van der Waals surface area contributed by atoms with E-state index in [1.807, 2.05) is 30.5 Å². The first kappa shape index (κ1) is 19.0. The van der Waals surface area contributed by atoms with Crippen molar-refractivity contribution in [3.8, 4) is 0 Å². The maximum Gasteiger partial charge on any atom is 0.226 e. The molecule has 1 fully saturated rings. The van der Waals surface area contributed by atoms with Crippen LogP contribution in [0.1, 0.15) is 36.4 Å².